The molecule has 1 aromatic carbocycles. The second-order valence-electron chi connectivity index (χ2n) is 4.83. The normalized spacial score (nSPS) is 22.1. The van der Waals surface area contributed by atoms with Gasteiger partial charge in [-0.15, -0.1) is 0 Å². The smallest absolute Gasteiger partial charge is 0.261 e. The lowest BCUT2D eigenvalue weighted by Gasteiger charge is -2.08. The second kappa shape index (κ2) is 4.76. The van der Waals surface area contributed by atoms with Crippen molar-refractivity contribution in [2.24, 2.45) is 5.92 Å². The minimum atomic E-state index is -4.00. The van der Waals surface area contributed by atoms with Crippen LogP contribution in [0.4, 0.5) is 4.39 Å². The molecule has 1 aliphatic rings. The van der Waals surface area contributed by atoms with Crippen LogP contribution in [-0.2, 0) is 9.05 Å². The molecule has 1 aliphatic carbocycles. The quantitative estimate of drug-likeness (QED) is 0.871. The zero-order valence-electron chi connectivity index (χ0n) is 10.4. The van der Waals surface area contributed by atoms with Crippen LogP contribution in [0.2, 0.25) is 0 Å². The standard InChI is InChI=1S/C12H13ClFNO3S/c1-6-4-10(6)15-12(16)9-5-8(19(13,17)18)3-7(2)11(9)14/h3,5-6,10H,4H2,1-2H3,(H,15,16). The molecule has 2 atom stereocenters. The summed E-state index contributed by atoms with van der Waals surface area (Å²) in [7, 11) is 1.22. The molecule has 104 valence electrons. The van der Waals surface area contributed by atoms with E-state index in [1.807, 2.05) is 6.92 Å². The van der Waals surface area contributed by atoms with Crippen molar-refractivity contribution < 1.29 is 17.6 Å². The third-order valence-electron chi connectivity index (χ3n) is 3.18. The Morgan fingerprint density at radius 1 is 1.47 bits per heavy atom. The highest BCUT2D eigenvalue weighted by Gasteiger charge is 2.34. The predicted molar refractivity (Wildman–Crippen MR) is 69.2 cm³/mol. The molecule has 0 bridgehead atoms. The van der Waals surface area contributed by atoms with Gasteiger partial charge in [0.15, 0.2) is 0 Å². The Morgan fingerprint density at radius 3 is 2.53 bits per heavy atom. The fourth-order valence-corrected chi connectivity index (χ4v) is 2.66. The van der Waals surface area contributed by atoms with Crippen LogP contribution in [0.3, 0.4) is 0 Å². The number of aryl methyl sites for hydroxylation is 1. The number of amides is 1. The molecule has 1 amide bonds. The summed E-state index contributed by atoms with van der Waals surface area (Å²) in [5.74, 6) is -0.972. The molecule has 4 nitrogen and oxygen atoms in total. The van der Waals surface area contributed by atoms with Gasteiger partial charge in [0.1, 0.15) is 5.82 Å². The first-order chi connectivity index (χ1) is 8.70. The highest BCUT2D eigenvalue weighted by molar-refractivity contribution is 8.13. The van der Waals surface area contributed by atoms with Gasteiger partial charge in [-0.25, -0.2) is 12.8 Å². The van der Waals surface area contributed by atoms with Crippen LogP contribution in [0.1, 0.15) is 29.3 Å². The summed E-state index contributed by atoms with van der Waals surface area (Å²) in [5.41, 5.74) is -0.228. The topological polar surface area (TPSA) is 63.2 Å². The van der Waals surface area contributed by atoms with Gasteiger partial charge in [-0.2, -0.15) is 0 Å². The number of hydrogen-bond acceptors (Lipinski definition) is 3. The first-order valence-corrected chi connectivity index (χ1v) is 8.06. The molecular formula is C12H13ClFNO3S. The first-order valence-electron chi connectivity index (χ1n) is 5.76. The Balaban J connectivity index is 2.38. The summed E-state index contributed by atoms with van der Waals surface area (Å²) in [6.45, 7) is 3.35. The van der Waals surface area contributed by atoms with E-state index in [1.165, 1.54) is 6.92 Å². The monoisotopic (exact) mass is 305 g/mol. The van der Waals surface area contributed by atoms with Gasteiger partial charge in [0, 0.05) is 16.7 Å². The molecular weight excluding hydrogens is 293 g/mol. The van der Waals surface area contributed by atoms with Gasteiger partial charge in [0.2, 0.25) is 0 Å². The Hall–Kier alpha value is -1.14. The van der Waals surface area contributed by atoms with Crippen LogP contribution in [-0.4, -0.2) is 20.4 Å². The van der Waals surface area contributed by atoms with Crippen molar-refractivity contribution in [3.63, 3.8) is 0 Å². The van der Waals surface area contributed by atoms with Gasteiger partial charge in [0.05, 0.1) is 10.5 Å². The molecule has 0 saturated heterocycles. The Kier molecular flexibility index (Phi) is 3.57. The van der Waals surface area contributed by atoms with Gasteiger partial charge >= 0.3 is 0 Å². The molecule has 2 unspecified atom stereocenters. The van der Waals surface area contributed by atoms with Crippen molar-refractivity contribution in [2.45, 2.75) is 31.2 Å². The lowest BCUT2D eigenvalue weighted by Crippen LogP contribution is -2.27. The number of carbonyl (C=O) groups is 1. The summed E-state index contributed by atoms with van der Waals surface area (Å²) in [4.78, 5) is 11.6. The summed E-state index contributed by atoms with van der Waals surface area (Å²) >= 11 is 0. The van der Waals surface area contributed by atoms with Gasteiger partial charge in [0.25, 0.3) is 15.0 Å². The molecule has 19 heavy (non-hydrogen) atoms. The zero-order valence-corrected chi connectivity index (χ0v) is 12.0. The molecule has 0 aromatic heterocycles. The Labute approximate surface area is 115 Å². The summed E-state index contributed by atoms with van der Waals surface area (Å²) in [6, 6.07) is 2.10. The summed E-state index contributed by atoms with van der Waals surface area (Å²) < 4.78 is 36.4. The molecule has 0 aliphatic heterocycles. The van der Waals surface area contributed by atoms with Crippen LogP contribution in [0.15, 0.2) is 17.0 Å². The van der Waals surface area contributed by atoms with E-state index in [0.29, 0.717) is 5.92 Å². The molecule has 2 rings (SSSR count). The maximum absolute atomic E-state index is 13.9. The second-order valence-corrected chi connectivity index (χ2v) is 7.40. The molecule has 7 heteroatoms. The van der Waals surface area contributed by atoms with Gasteiger partial charge < -0.3 is 5.32 Å². The van der Waals surface area contributed by atoms with Crippen LogP contribution in [0, 0.1) is 18.7 Å². The van der Waals surface area contributed by atoms with E-state index in [4.69, 9.17) is 10.7 Å². The molecule has 0 radical (unpaired) electrons. The highest BCUT2D eigenvalue weighted by Crippen LogP contribution is 2.30. The molecule has 1 N–H and O–H groups in total. The third kappa shape index (κ3) is 3.06. The van der Waals surface area contributed by atoms with Crippen molar-refractivity contribution >= 4 is 25.6 Å². The predicted octanol–water partition coefficient (Wildman–Crippen LogP) is 2.20. The molecule has 1 fully saturated rings. The van der Waals surface area contributed by atoms with Crippen molar-refractivity contribution in [1.82, 2.24) is 5.32 Å². The van der Waals surface area contributed by atoms with Crippen molar-refractivity contribution in [1.29, 1.82) is 0 Å². The summed E-state index contributed by atoms with van der Waals surface area (Å²) in [6.07, 6.45) is 0.847. The van der Waals surface area contributed by atoms with E-state index >= 15 is 0 Å². The van der Waals surface area contributed by atoms with Crippen LogP contribution in [0.5, 0.6) is 0 Å². The van der Waals surface area contributed by atoms with Crippen LogP contribution in [0.25, 0.3) is 0 Å². The molecule has 1 saturated carbocycles. The number of nitrogens with one attached hydrogen (secondary N) is 1. The maximum atomic E-state index is 13.9. The number of benzene rings is 1. The van der Waals surface area contributed by atoms with E-state index in [1.54, 1.807) is 0 Å². The van der Waals surface area contributed by atoms with E-state index in [9.17, 15) is 17.6 Å². The van der Waals surface area contributed by atoms with Crippen molar-refractivity contribution in [2.75, 3.05) is 0 Å². The average Bonchev–Trinajstić information content (AvgIpc) is 2.96. The lowest BCUT2D eigenvalue weighted by molar-refractivity contribution is 0.0945. The SMILES string of the molecule is Cc1cc(S(=O)(=O)Cl)cc(C(=O)NC2CC2C)c1F. The minimum Gasteiger partial charge on any atom is -0.349 e. The lowest BCUT2D eigenvalue weighted by atomic mass is 10.1. The zero-order chi connectivity index (χ0) is 14.4. The van der Waals surface area contributed by atoms with E-state index in [-0.39, 0.29) is 22.1 Å². The molecule has 0 heterocycles. The van der Waals surface area contributed by atoms with Gasteiger partial charge in [-0.05, 0) is 37.0 Å². The van der Waals surface area contributed by atoms with Crippen molar-refractivity contribution in [3.8, 4) is 0 Å². The third-order valence-corrected chi connectivity index (χ3v) is 4.51. The van der Waals surface area contributed by atoms with E-state index < -0.39 is 20.8 Å². The molecule has 1 aromatic rings. The van der Waals surface area contributed by atoms with E-state index in [2.05, 4.69) is 5.32 Å². The Morgan fingerprint density at radius 2 is 2.05 bits per heavy atom. The summed E-state index contributed by atoms with van der Waals surface area (Å²) in [5, 5.41) is 2.65. The molecule has 0 spiro atoms. The van der Waals surface area contributed by atoms with Gasteiger partial charge in [-0.1, -0.05) is 6.92 Å². The number of carbonyl (C=O) groups excluding carboxylic acids is 1. The van der Waals surface area contributed by atoms with Crippen LogP contribution < -0.4 is 5.32 Å². The minimum absolute atomic E-state index is 0.0310. The van der Waals surface area contributed by atoms with Crippen molar-refractivity contribution in [3.05, 3.63) is 29.1 Å². The number of halogens is 2. The van der Waals surface area contributed by atoms with E-state index in [0.717, 1.165) is 18.6 Å². The van der Waals surface area contributed by atoms with Gasteiger partial charge in [-0.3, -0.25) is 4.79 Å². The maximum Gasteiger partial charge on any atom is 0.261 e. The first kappa shape index (κ1) is 14.3. The fraction of sp³-hybridized carbons (Fsp3) is 0.417. The number of rotatable bonds is 3. The Bertz CT molecular complexity index is 645. The highest BCUT2D eigenvalue weighted by atomic mass is 35.7. The fourth-order valence-electron chi connectivity index (χ4n) is 1.81. The van der Waals surface area contributed by atoms with Crippen LogP contribution >= 0.6 is 10.7 Å². The largest absolute Gasteiger partial charge is 0.349 e. The average molecular weight is 306 g/mol. The number of hydrogen-bond donors (Lipinski definition) is 1.